The van der Waals surface area contributed by atoms with E-state index in [0.717, 1.165) is 22.7 Å². The SMILES string of the molecule is CCC(NC(=O)C1CNc2ccccc21)c1nccs1. The third kappa shape index (κ3) is 2.41. The van der Waals surface area contributed by atoms with E-state index in [9.17, 15) is 4.79 Å². The third-order valence-corrected chi connectivity index (χ3v) is 4.51. The second kappa shape index (κ2) is 5.63. The summed E-state index contributed by atoms with van der Waals surface area (Å²) in [5.41, 5.74) is 2.15. The summed E-state index contributed by atoms with van der Waals surface area (Å²) in [7, 11) is 0. The van der Waals surface area contributed by atoms with Crippen molar-refractivity contribution in [3.8, 4) is 0 Å². The topological polar surface area (TPSA) is 54.0 Å². The fraction of sp³-hybridized carbons (Fsp3) is 0.333. The van der Waals surface area contributed by atoms with Gasteiger partial charge in [0.1, 0.15) is 5.01 Å². The number of benzene rings is 1. The number of nitrogens with zero attached hydrogens (tertiary/aromatic N) is 1. The number of amides is 1. The number of hydrogen-bond acceptors (Lipinski definition) is 4. The van der Waals surface area contributed by atoms with Gasteiger partial charge in [-0.3, -0.25) is 4.79 Å². The monoisotopic (exact) mass is 287 g/mol. The molecule has 2 unspecified atom stereocenters. The lowest BCUT2D eigenvalue weighted by Crippen LogP contribution is -2.33. The molecule has 4 nitrogen and oxygen atoms in total. The van der Waals surface area contributed by atoms with Crippen molar-refractivity contribution in [3.05, 3.63) is 46.4 Å². The summed E-state index contributed by atoms with van der Waals surface area (Å²) in [4.78, 5) is 16.8. The van der Waals surface area contributed by atoms with Gasteiger partial charge in [0.2, 0.25) is 5.91 Å². The lowest BCUT2D eigenvalue weighted by Gasteiger charge is -2.17. The molecule has 0 saturated heterocycles. The molecule has 2 N–H and O–H groups in total. The van der Waals surface area contributed by atoms with Crippen LogP contribution in [-0.2, 0) is 4.79 Å². The Labute approximate surface area is 122 Å². The Balaban J connectivity index is 1.74. The molecule has 5 heteroatoms. The fourth-order valence-electron chi connectivity index (χ4n) is 2.54. The van der Waals surface area contributed by atoms with Crippen LogP contribution in [0.5, 0.6) is 0 Å². The normalized spacial score (nSPS) is 18.1. The Hall–Kier alpha value is -1.88. The fourth-order valence-corrected chi connectivity index (χ4v) is 3.31. The number of hydrogen-bond donors (Lipinski definition) is 2. The maximum atomic E-state index is 12.5. The van der Waals surface area contributed by atoms with Crippen molar-refractivity contribution in [2.24, 2.45) is 0 Å². The van der Waals surface area contributed by atoms with Crippen LogP contribution in [-0.4, -0.2) is 17.4 Å². The molecule has 104 valence electrons. The lowest BCUT2D eigenvalue weighted by atomic mass is 10.00. The van der Waals surface area contributed by atoms with Gasteiger partial charge < -0.3 is 10.6 Å². The van der Waals surface area contributed by atoms with Crippen molar-refractivity contribution in [1.82, 2.24) is 10.3 Å². The van der Waals surface area contributed by atoms with Crippen LogP contribution in [0, 0.1) is 0 Å². The summed E-state index contributed by atoms with van der Waals surface area (Å²) in [5, 5.41) is 9.32. The number of carbonyl (C=O) groups excluding carboxylic acids is 1. The lowest BCUT2D eigenvalue weighted by molar-refractivity contribution is -0.123. The first-order chi connectivity index (χ1) is 9.79. The summed E-state index contributed by atoms with van der Waals surface area (Å²) in [6.45, 7) is 2.73. The highest BCUT2D eigenvalue weighted by molar-refractivity contribution is 7.09. The molecule has 1 aliphatic rings. The Morgan fingerprint density at radius 1 is 1.55 bits per heavy atom. The van der Waals surface area contributed by atoms with Gasteiger partial charge in [-0.25, -0.2) is 4.98 Å². The first-order valence-corrected chi connectivity index (χ1v) is 7.70. The van der Waals surface area contributed by atoms with Crippen LogP contribution in [0.4, 0.5) is 5.69 Å². The average Bonchev–Trinajstić information content (AvgIpc) is 3.13. The largest absolute Gasteiger partial charge is 0.384 e. The minimum atomic E-state index is -0.111. The second-order valence-electron chi connectivity index (χ2n) is 4.86. The number of thiazole rings is 1. The highest BCUT2D eigenvalue weighted by atomic mass is 32.1. The molecular formula is C15H17N3OS. The molecule has 1 aromatic carbocycles. The first-order valence-electron chi connectivity index (χ1n) is 6.82. The zero-order chi connectivity index (χ0) is 13.9. The maximum Gasteiger partial charge on any atom is 0.229 e. The summed E-state index contributed by atoms with van der Waals surface area (Å²) in [6, 6.07) is 8.00. The summed E-state index contributed by atoms with van der Waals surface area (Å²) >= 11 is 1.58. The van der Waals surface area contributed by atoms with Crippen LogP contribution in [0.2, 0.25) is 0 Å². The zero-order valence-electron chi connectivity index (χ0n) is 11.3. The molecule has 0 bridgehead atoms. The van der Waals surface area contributed by atoms with Crippen molar-refractivity contribution in [2.45, 2.75) is 25.3 Å². The third-order valence-electron chi connectivity index (χ3n) is 3.62. The molecule has 20 heavy (non-hydrogen) atoms. The number of nitrogens with one attached hydrogen (secondary N) is 2. The summed E-state index contributed by atoms with van der Waals surface area (Å²) in [6.07, 6.45) is 2.63. The van der Waals surface area contributed by atoms with Crippen LogP contribution in [0.1, 0.15) is 35.9 Å². The number of fused-ring (bicyclic) bond motifs is 1. The molecule has 0 fully saturated rings. The van der Waals surface area contributed by atoms with Crippen molar-refractivity contribution >= 4 is 22.9 Å². The van der Waals surface area contributed by atoms with Gasteiger partial charge in [0.15, 0.2) is 0 Å². The van der Waals surface area contributed by atoms with E-state index in [0.29, 0.717) is 6.54 Å². The van der Waals surface area contributed by atoms with E-state index >= 15 is 0 Å². The Morgan fingerprint density at radius 3 is 3.15 bits per heavy atom. The molecule has 1 amide bonds. The van der Waals surface area contributed by atoms with E-state index in [4.69, 9.17) is 0 Å². The van der Waals surface area contributed by atoms with E-state index in [1.807, 2.05) is 29.6 Å². The number of carbonyl (C=O) groups is 1. The quantitative estimate of drug-likeness (QED) is 0.909. The number of rotatable bonds is 4. The van der Waals surface area contributed by atoms with Gasteiger partial charge in [0.25, 0.3) is 0 Å². The summed E-state index contributed by atoms with van der Waals surface area (Å²) in [5.74, 6) is -0.0373. The summed E-state index contributed by atoms with van der Waals surface area (Å²) < 4.78 is 0. The van der Waals surface area contributed by atoms with Crippen LogP contribution in [0.25, 0.3) is 0 Å². The molecule has 2 atom stereocenters. The minimum Gasteiger partial charge on any atom is -0.384 e. The highest BCUT2D eigenvalue weighted by Gasteiger charge is 2.29. The van der Waals surface area contributed by atoms with Crippen LogP contribution >= 0.6 is 11.3 Å². The van der Waals surface area contributed by atoms with Crippen molar-refractivity contribution in [1.29, 1.82) is 0 Å². The van der Waals surface area contributed by atoms with Crippen LogP contribution in [0.15, 0.2) is 35.8 Å². The van der Waals surface area contributed by atoms with Crippen molar-refractivity contribution < 1.29 is 4.79 Å². The molecule has 3 rings (SSSR count). The van der Waals surface area contributed by atoms with Crippen LogP contribution in [0.3, 0.4) is 0 Å². The second-order valence-corrected chi connectivity index (χ2v) is 5.79. The minimum absolute atomic E-state index is 0.00950. The molecule has 0 saturated carbocycles. The van der Waals surface area contributed by atoms with E-state index in [1.165, 1.54) is 0 Å². The average molecular weight is 287 g/mol. The maximum absolute atomic E-state index is 12.5. The molecule has 1 aliphatic heterocycles. The van der Waals surface area contributed by atoms with E-state index in [-0.39, 0.29) is 17.9 Å². The van der Waals surface area contributed by atoms with Crippen molar-refractivity contribution in [2.75, 3.05) is 11.9 Å². The first kappa shape index (κ1) is 13.1. The highest BCUT2D eigenvalue weighted by Crippen LogP contribution is 2.32. The van der Waals surface area contributed by atoms with E-state index in [1.54, 1.807) is 17.5 Å². The predicted octanol–water partition coefficient (Wildman–Crippen LogP) is 2.92. The van der Waals surface area contributed by atoms with Gasteiger partial charge in [-0.05, 0) is 18.1 Å². The molecule has 2 heterocycles. The van der Waals surface area contributed by atoms with Crippen LogP contribution < -0.4 is 10.6 Å². The molecule has 0 spiro atoms. The van der Waals surface area contributed by atoms with Gasteiger partial charge in [-0.2, -0.15) is 0 Å². The van der Waals surface area contributed by atoms with Gasteiger partial charge in [-0.15, -0.1) is 11.3 Å². The predicted molar refractivity (Wildman–Crippen MR) is 81.0 cm³/mol. The van der Waals surface area contributed by atoms with Gasteiger partial charge in [0, 0.05) is 23.8 Å². The Bertz CT molecular complexity index is 597. The molecular weight excluding hydrogens is 270 g/mol. The number of aromatic nitrogens is 1. The zero-order valence-corrected chi connectivity index (χ0v) is 12.1. The number of anilines is 1. The standard InChI is InChI=1S/C15H17N3OS/c1-2-12(15-16-7-8-20-15)18-14(19)11-9-17-13-6-4-3-5-10(11)13/h3-8,11-12,17H,2,9H2,1H3,(H,18,19). The van der Waals surface area contributed by atoms with Gasteiger partial charge in [0.05, 0.1) is 12.0 Å². The van der Waals surface area contributed by atoms with E-state index < -0.39 is 0 Å². The number of para-hydroxylation sites is 1. The van der Waals surface area contributed by atoms with E-state index in [2.05, 4.69) is 22.5 Å². The smallest absolute Gasteiger partial charge is 0.229 e. The molecule has 2 aromatic rings. The Kier molecular flexibility index (Phi) is 3.69. The van der Waals surface area contributed by atoms with Crippen molar-refractivity contribution in [3.63, 3.8) is 0 Å². The Morgan fingerprint density at radius 2 is 2.40 bits per heavy atom. The van der Waals surface area contributed by atoms with Gasteiger partial charge in [-0.1, -0.05) is 25.1 Å². The molecule has 0 aliphatic carbocycles. The van der Waals surface area contributed by atoms with Gasteiger partial charge >= 0.3 is 0 Å². The molecule has 0 radical (unpaired) electrons. The molecule has 1 aromatic heterocycles.